The largest absolute Gasteiger partial charge is 0.0587 e. The Hall–Kier alpha value is -2.60. The van der Waals surface area contributed by atoms with Crippen LogP contribution in [0.3, 0.4) is 0 Å². The summed E-state index contributed by atoms with van der Waals surface area (Å²) in [5.41, 5.74) is 6.51. The number of aryl methyl sites for hydroxylation is 3. The second kappa shape index (κ2) is 5.24. The first kappa shape index (κ1) is 14.0. The summed E-state index contributed by atoms with van der Waals surface area (Å²) < 4.78 is 0. The fourth-order valence-electron chi connectivity index (χ4n) is 3.35. The van der Waals surface area contributed by atoms with E-state index >= 15 is 0 Å². The molecule has 0 nitrogen and oxygen atoms in total. The molecule has 0 radical (unpaired) electrons. The second-order valence-electron chi connectivity index (χ2n) is 6.56. The van der Waals surface area contributed by atoms with Gasteiger partial charge in [0.05, 0.1) is 0 Å². The van der Waals surface area contributed by atoms with E-state index < -0.39 is 0 Å². The maximum atomic E-state index is 2.33. The van der Waals surface area contributed by atoms with Crippen LogP contribution in [0.4, 0.5) is 0 Å². The van der Waals surface area contributed by atoms with Crippen LogP contribution in [-0.4, -0.2) is 0 Å². The molecule has 4 aromatic carbocycles. The van der Waals surface area contributed by atoms with Crippen molar-refractivity contribution in [1.29, 1.82) is 0 Å². The van der Waals surface area contributed by atoms with Crippen LogP contribution < -0.4 is 0 Å². The van der Waals surface area contributed by atoms with Crippen molar-refractivity contribution in [3.05, 3.63) is 83.4 Å². The zero-order valence-electron chi connectivity index (χ0n) is 13.9. The molecule has 4 aromatic rings. The van der Waals surface area contributed by atoms with Gasteiger partial charge in [0.15, 0.2) is 0 Å². The smallest absolute Gasteiger partial charge is 0.00963 e. The van der Waals surface area contributed by atoms with Crippen LogP contribution in [0.25, 0.3) is 32.7 Å². The van der Waals surface area contributed by atoms with Gasteiger partial charge in [0.1, 0.15) is 0 Å². The van der Waals surface area contributed by atoms with Crippen LogP contribution in [-0.2, 0) is 0 Å². The molecule has 0 fully saturated rings. The minimum Gasteiger partial charge on any atom is -0.0587 e. The van der Waals surface area contributed by atoms with Gasteiger partial charge in [-0.05, 0) is 59.5 Å². The van der Waals surface area contributed by atoms with Crippen molar-refractivity contribution in [2.24, 2.45) is 0 Å². The fraction of sp³-hybridized carbons (Fsp3) is 0.130. The molecule has 0 bridgehead atoms. The van der Waals surface area contributed by atoms with Gasteiger partial charge in [0.2, 0.25) is 0 Å². The first-order valence-electron chi connectivity index (χ1n) is 8.12. The van der Waals surface area contributed by atoms with Crippen LogP contribution in [0.1, 0.15) is 16.7 Å². The minimum absolute atomic E-state index is 1.29. The molecule has 112 valence electrons. The van der Waals surface area contributed by atoms with Gasteiger partial charge in [0, 0.05) is 0 Å². The highest BCUT2D eigenvalue weighted by atomic mass is 14.1. The Morgan fingerprint density at radius 3 is 1.83 bits per heavy atom. The summed E-state index contributed by atoms with van der Waals surface area (Å²) in [5, 5.41) is 5.33. The van der Waals surface area contributed by atoms with Crippen molar-refractivity contribution in [2.75, 3.05) is 0 Å². The van der Waals surface area contributed by atoms with Crippen molar-refractivity contribution >= 4 is 21.5 Å². The molecule has 0 atom stereocenters. The van der Waals surface area contributed by atoms with Gasteiger partial charge in [-0.15, -0.1) is 0 Å². The van der Waals surface area contributed by atoms with Crippen LogP contribution in [0.15, 0.2) is 66.7 Å². The van der Waals surface area contributed by atoms with Crippen LogP contribution in [0, 0.1) is 20.8 Å². The van der Waals surface area contributed by atoms with Gasteiger partial charge in [-0.3, -0.25) is 0 Å². The minimum atomic E-state index is 1.29. The third-order valence-electron chi connectivity index (χ3n) is 4.63. The van der Waals surface area contributed by atoms with Crippen LogP contribution in [0.2, 0.25) is 0 Å². The molecule has 0 saturated carbocycles. The van der Waals surface area contributed by atoms with Gasteiger partial charge < -0.3 is 0 Å². The number of benzene rings is 4. The summed E-state index contributed by atoms with van der Waals surface area (Å²) in [6.07, 6.45) is 0. The Morgan fingerprint density at radius 1 is 0.478 bits per heavy atom. The van der Waals surface area contributed by atoms with Crippen molar-refractivity contribution in [3.63, 3.8) is 0 Å². The average molecular weight is 296 g/mol. The lowest BCUT2D eigenvalue weighted by Gasteiger charge is -2.13. The van der Waals surface area contributed by atoms with E-state index in [1.54, 1.807) is 0 Å². The molecule has 0 aliphatic heterocycles. The fourth-order valence-corrected chi connectivity index (χ4v) is 3.35. The van der Waals surface area contributed by atoms with Crippen molar-refractivity contribution in [2.45, 2.75) is 20.8 Å². The molecular weight excluding hydrogens is 276 g/mol. The van der Waals surface area contributed by atoms with E-state index in [0.717, 1.165) is 0 Å². The van der Waals surface area contributed by atoms with E-state index in [1.807, 2.05) is 0 Å². The van der Waals surface area contributed by atoms with Gasteiger partial charge >= 0.3 is 0 Å². The summed E-state index contributed by atoms with van der Waals surface area (Å²) >= 11 is 0. The summed E-state index contributed by atoms with van der Waals surface area (Å²) in [4.78, 5) is 0. The maximum Gasteiger partial charge on any atom is -0.00963 e. The maximum absolute atomic E-state index is 2.33. The van der Waals surface area contributed by atoms with Gasteiger partial charge in [0.25, 0.3) is 0 Å². The molecule has 4 rings (SSSR count). The highest BCUT2D eigenvalue weighted by molar-refractivity contribution is 6.14. The topological polar surface area (TPSA) is 0 Å². The molecule has 23 heavy (non-hydrogen) atoms. The zero-order chi connectivity index (χ0) is 16.0. The van der Waals surface area contributed by atoms with Gasteiger partial charge in [-0.1, -0.05) is 77.4 Å². The molecule has 0 aliphatic carbocycles. The van der Waals surface area contributed by atoms with Gasteiger partial charge in [-0.2, -0.15) is 0 Å². The number of hydrogen-bond donors (Lipinski definition) is 0. The molecule has 0 aliphatic rings. The standard InChI is InChI=1S/C23H20/c1-15-4-8-18(9-5-15)22-14-19-10-6-16(2)12-21(19)20-11-7-17(3)13-23(20)22/h4-14H,1-3H3. The predicted molar refractivity (Wildman–Crippen MR) is 101 cm³/mol. The van der Waals surface area contributed by atoms with Crippen molar-refractivity contribution in [3.8, 4) is 11.1 Å². The normalized spacial score (nSPS) is 11.3. The first-order chi connectivity index (χ1) is 11.1. The number of rotatable bonds is 1. The predicted octanol–water partition coefficient (Wildman–Crippen LogP) is 6.59. The third kappa shape index (κ3) is 2.41. The van der Waals surface area contributed by atoms with E-state index in [9.17, 15) is 0 Å². The monoisotopic (exact) mass is 296 g/mol. The SMILES string of the molecule is Cc1ccc(-c2cc3ccc(C)cc3c3ccc(C)cc23)cc1. The number of fused-ring (bicyclic) bond motifs is 3. The summed E-state index contributed by atoms with van der Waals surface area (Å²) in [6, 6.07) is 24.7. The van der Waals surface area contributed by atoms with E-state index in [1.165, 1.54) is 49.4 Å². The Balaban J connectivity index is 2.15. The van der Waals surface area contributed by atoms with Crippen molar-refractivity contribution < 1.29 is 0 Å². The Kier molecular flexibility index (Phi) is 3.20. The molecule has 0 N–H and O–H groups in total. The van der Waals surface area contributed by atoms with E-state index in [-0.39, 0.29) is 0 Å². The summed E-state index contributed by atoms with van der Waals surface area (Å²) in [7, 11) is 0. The molecule has 0 saturated heterocycles. The van der Waals surface area contributed by atoms with Gasteiger partial charge in [-0.25, -0.2) is 0 Å². The lowest BCUT2D eigenvalue weighted by atomic mass is 9.91. The lowest BCUT2D eigenvalue weighted by molar-refractivity contribution is 1.47. The molecule has 0 unspecified atom stereocenters. The molecule has 0 spiro atoms. The Bertz CT molecular complexity index is 1020. The van der Waals surface area contributed by atoms with E-state index in [2.05, 4.69) is 87.5 Å². The highest BCUT2D eigenvalue weighted by Gasteiger charge is 2.09. The average Bonchev–Trinajstić information content (AvgIpc) is 2.55. The van der Waals surface area contributed by atoms with E-state index in [4.69, 9.17) is 0 Å². The molecule has 0 heteroatoms. The van der Waals surface area contributed by atoms with Crippen LogP contribution >= 0.6 is 0 Å². The summed E-state index contributed by atoms with van der Waals surface area (Å²) in [6.45, 7) is 6.46. The first-order valence-corrected chi connectivity index (χ1v) is 8.12. The summed E-state index contributed by atoms with van der Waals surface area (Å²) in [5.74, 6) is 0. The molecule has 0 aromatic heterocycles. The zero-order valence-corrected chi connectivity index (χ0v) is 13.9. The lowest BCUT2D eigenvalue weighted by Crippen LogP contribution is -1.87. The molecular formula is C23H20. The molecule has 0 heterocycles. The Labute approximate surface area is 137 Å². The van der Waals surface area contributed by atoms with Crippen LogP contribution in [0.5, 0.6) is 0 Å². The number of hydrogen-bond acceptors (Lipinski definition) is 0. The second-order valence-corrected chi connectivity index (χ2v) is 6.56. The molecule has 0 amide bonds. The Morgan fingerprint density at radius 2 is 1.09 bits per heavy atom. The quantitative estimate of drug-likeness (QED) is 0.348. The van der Waals surface area contributed by atoms with E-state index in [0.29, 0.717) is 0 Å². The highest BCUT2D eigenvalue weighted by Crippen LogP contribution is 2.35. The van der Waals surface area contributed by atoms with Crippen molar-refractivity contribution in [1.82, 2.24) is 0 Å². The third-order valence-corrected chi connectivity index (χ3v) is 4.63.